The van der Waals surface area contributed by atoms with E-state index in [4.69, 9.17) is 21.1 Å². The molecule has 42 heavy (non-hydrogen) atoms. The predicted octanol–water partition coefficient (Wildman–Crippen LogP) is 5.59. The normalized spacial score (nSPS) is 14.8. The van der Waals surface area contributed by atoms with Gasteiger partial charge in [0.2, 0.25) is 5.91 Å². The van der Waals surface area contributed by atoms with Crippen LogP contribution < -0.4 is 15.4 Å². The van der Waals surface area contributed by atoms with E-state index in [2.05, 4.69) is 25.4 Å². The summed E-state index contributed by atoms with van der Waals surface area (Å²) < 4.78 is 12.9. The van der Waals surface area contributed by atoms with Crippen LogP contribution in [0.15, 0.2) is 29.4 Å². The number of ether oxygens (including phenoxy) is 2. The van der Waals surface area contributed by atoms with Crippen LogP contribution in [-0.2, 0) is 33.7 Å². The Morgan fingerprint density at radius 1 is 1.07 bits per heavy atom. The molecule has 0 unspecified atom stereocenters. The lowest BCUT2D eigenvalue weighted by Crippen LogP contribution is -2.30. The van der Waals surface area contributed by atoms with Crippen LogP contribution in [0.25, 0.3) is 0 Å². The third kappa shape index (κ3) is 7.45. The summed E-state index contributed by atoms with van der Waals surface area (Å²) >= 11 is 8.67. The summed E-state index contributed by atoms with van der Waals surface area (Å²) in [5, 5.41) is 16.4. The Kier molecular flexibility index (Phi) is 10.4. The van der Waals surface area contributed by atoms with Crippen molar-refractivity contribution in [2.75, 3.05) is 24.3 Å². The van der Waals surface area contributed by atoms with Gasteiger partial charge in [-0.05, 0) is 68.9 Å². The number of hydrogen-bond acceptors (Lipinski definition) is 9. The fourth-order valence-corrected chi connectivity index (χ4v) is 7.59. The number of esters is 1. The number of nitrogens with zero attached hydrogens (tertiary/aromatic N) is 3. The largest absolute Gasteiger partial charge is 0.484 e. The maximum Gasteiger partial charge on any atom is 0.341 e. The van der Waals surface area contributed by atoms with Gasteiger partial charge in [-0.3, -0.25) is 9.59 Å². The van der Waals surface area contributed by atoms with E-state index in [1.807, 2.05) is 0 Å². The third-order valence-electron chi connectivity index (χ3n) is 7.29. The first-order valence-electron chi connectivity index (χ1n) is 14.3. The zero-order chi connectivity index (χ0) is 29.5. The molecule has 2 amide bonds. The summed E-state index contributed by atoms with van der Waals surface area (Å²) in [6, 6.07) is 7.02. The van der Waals surface area contributed by atoms with Gasteiger partial charge in [-0.25, -0.2) is 4.79 Å². The second-order valence-corrected chi connectivity index (χ2v) is 12.7. The molecule has 0 radical (unpaired) electrons. The van der Waals surface area contributed by atoms with Crippen molar-refractivity contribution in [3.8, 4) is 5.75 Å². The molecule has 0 spiro atoms. The van der Waals surface area contributed by atoms with Crippen molar-refractivity contribution in [3.05, 3.63) is 51.1 Å². The maximum absolute atomic E-state index is 13.0. The number of carbonyl (C=O) groups is 3. The van der Waals surface area contributed by atoms with Crippen LogP contribution in [0.3, 0.4) is 0 Å². The van der Waals surface area contributed by atoms with Gasteiger partial charge in [-0.2, -0.15) is 0 Å². The van der Waals surface area contributed by atoms with Crippen molar-refractivity contribution < 1.29 is 23.9 Å². The molecule has 0 atom stereocenters. The molecule has 2 aliphatic carbocycles. The number of benzene rings is 1. The number of aromatic nitrogens is 3. The van der Waals surface area contributed by atoms with Crippen molar-refractivity contribution in [1.82, 2.24) is 20.1 Å². The van der Waals surface area contributed by atoms with Crippen molar-refractivity contribution >= 4 is 57.5 Å². The zero-order valence-corrected chi connectivity index (χ0v) is 25.8. The predicted molar refractivity (Wildman–Crippen MR) is 163 cm³/mol. The number of rotatable bonds is 12. The van der Waals surface area contributed by atoms with Crippen LogP contribution in [0.5, 0.6) is 5.75 Å². The molecule has 10 nitrogen and oxygen atoms in total. The Balaban J connectivity index is 1.22. The van der Waals surface area contributed by atoms with E-state index in [1.165, 1.54) is 29.5 Å². The molecule has 0 saturated heterocycles. The number of fused-ring (bicyclic) bond motifs is 1. The monoisotopic (exact) mass is 631 g/mol. The van der Waals surface area contributed by atoms with E-state index in [-0.39, 0.29) is 49.3 Å². The van der Waals surface area contributed by atoms with Gasteiger partial charge in [0.15, 0.2) is 17.6 Å². The van der Waals surface area contributed by atoms with Gasteiger partial charge < -0.3 is 24.7 Å². The van der Waals surface area contributed by atoms with Gasteiger partial charge in [0, 0.05) is 15.9 Å². The number of nitrogens with one attached hydrogen (secondary N) is 2. The first-order chi connectivity index (χ1) is 20.4. The number of thiophene rings is 1. The summed E-state index contributed by atoms with van der Waals surface area (Å²) in [4.78, 5) is 39.4. The molecule has 1 saturated carbocycles. The molecule has 2 N–H and O–H groups in total. The molecule has 1 aromatic carbocycles. The first-order valence-corrected chi connectivity index (χ1v) is 16.4. The summed E-state index contributed by atoms with van der Waals surface area (Å²) in [7, 11) is 0. The van der Waals surface area contributed by atoms with Crippen LogP contribution in [0.4, 0.5) is 5.00 Å². The lowest BCUT2D eigenvalue weighted by atomic mass is 9.95. The fraction of sp³-hybridized carbons (Fsp3) is 0.483. The smallest absolute Gasteiger partial charge is 0.341 e. The molecule has 2 heterocycles. The summed E-state index contributed by atoms with van der Waals surface area (Å²) in [5.74, 6) is 0.413. The Morgan fingerprint density at radius 3 is 2.62 bits per heavy atom. The SMILES string of the molecule is CCOC(=O)c1c(NC(=O)CSc2nnc(CNC(=O)COc3ccc(Cl)cc3)n2C2CCCCC2)sc2c1CCC2. The molecule has 0 bridgehead atoms. The van der Waals surface area contributed by atoms with Crippen LogP contribution in [0.1, 0.15) is 78.1 Å². The first kappa shape index (κ1) is 30.4. The van der Waals surface area contributed by atoms with Gasteiger partial charge in [0.05, 0.1) is 24.5 Å². The van der Waals surface area contributed by atoms with Crippen LogP contribution in [-0.4, -0.2) is 51.5 Å². The molecule has 13 heteroatoms. The highest BCUT2D eigenvalue weighted by Crippen LogP contribution is 2.40. The molecule has 2 aromatic heterocycles. The van der Waals surface area contributed by atoms with Gasteiger partial charge in [0.1, 0.15) is 10.8 Å². The Morgan fingerprint density at radius 2 is 1.86 bits per heavy atom. The molecular formula is C29H34ClN5O5S2. The molecule has 2 aliphatic rings. The number of anilines is 1. The summed E-state index contributed by atoms with van der Waals surface area (Å²) in [5.41, 5.74) is 1.50. The summed E-state index contributed by atoms with van der Waals surface area (Å²) in [6.07, 6.45) is 8.11. The van der Waals surface area contributed by atoms with E-state index in [0.717, 1.165) is 55.4 Å². The average Bonchev–Trinajstić information content (AvgIpc) is 3.70. The second kappa shape index (κ2) is 14.4. The van der Waals surface area contributed by atoms with E-state index in [0.29, 0.717) is 32.3 Å². The highest BCUT2D eigenvalue weighted by atomic mass is 35.5. The number of amides is 2. The number of carbonyl (C=O) groups excluding carboxylic acids is 3. The van der Waals surface area contributed by atoms with E-state index >= 15 is 0 Å². The topological polar surface area (TPSA) is 124 Å². The second-order valence-electron chi connectivity index (χ2n) is 10.2. The fourth-order valence-electron chi connectivity index (χ4n) is 5.35. The number of hydrogen-bond donors (Lipinski definition) is 2. The minimum Gasteiger partial charge on any atom is -0.484 e. The lowest BCUT2D eigenvalue weighted by Gasteiger charge is -2.25. The molecular weight excluding hydrogens is 598 g/mol. The molecule has 224 valence electrons. The van der Waals surface area contributed by atoms with Crippen molar-refractivity contribution in [2.24, 2.45) is 0 Å². The third-order valence-corrected chi connectivity index (χ3v) is 9.69. The standard InChI is InChI=1S/C29H34ClN5O5S2/c1-2-39-28(38)26-21-9-6-10-22(21)42-27(26)32-25(37)17-41-29-34-33-23(35(29)19-7-4-3-5-8-19)15-31-24(36)16-40-20-13-11-18(30)12-14-20/h11-14,19H,2-10,15-17H2,1H3,(H,31,36)(H,32,37). The van der Waals surface area contributed by atoms with E-state index in [1.54, 1.807) is 31.2 Å². The Hall–Kier alpha value is -3.09. The zero-order valence-electron chi connectivity index (χ0n) is 23.4. The molecule has 3 aromatic rings. The highest BCUT2D eigenvalue weighted by Gasteiger charge is 2.29. The molecule has 0 aliphatic heterocycles. The van der Waals surface area contributed by atoms with Crippen LogP contribution >= 0.6 is 34.7 Å². The number of aryl methyl sites for hydroxylation is 1. The number of halogens is 1. The lowest BCUT2D eigenvalue weighted by molar-refractivity contribution is -0.123. The van der Waals surface area contributed by atoms with Gasteiger partial charge in [-0.1, -0.05) is 42.6 Å². The van der Waals surface area contributed by atoms with Crippen molar-refractivity contribution in [1.29, 1.82) is 0 Å². The van der Waals surface area contributed by atoms with Gasteiger partial charge in [-0.15, -0.1) is 21.5 Å². The minimum atomic E-state index is -0.387. The molecule has 1 fully saturated rings. The maximum atomic E-state index is 13.0. The van der Waals surface area contributed by atoms with E-state index in [9.17, 15) is 14.4 Å². The van der Waals surface area contributed by atoms with E-state index < -0.39 is 0 Å². The van der Waals surface area contributed by atoms with Gasteiger partial charge >= 0.3 is 5.97 Å². The average molecular weight is 632 g/mol. The van der Waals surface area contributed by atoms with Crippen molar-refractivity contribution in [2.45, 2.75) is 76.0 Å². The quantitative estimate of drug-likeness (QED) is 0.196. The Labute approximate surface area is 257 Å². The van der Waals surface area contributed by atoms with Crippen LogP contribution in [0, 0.1) is 0 Å². The molecule has 5 rings (SSSR count). The van der Waals surface area contributed by atoms with Crippen LogP contribution in [0.2, 0.25) is 5.02 Å². The number of thioether (sulfide) groups is 1. The highest BCUT2D eigenvalue weighted by molar-refractivity contribution is 7.99. The minimum absolute atomic E-state index is 0.108. The van der Waals surface area contributed by atoms with Crippen molar-refractivity contribution in [3.63, 3.8) is 0 Å². The summed E-state index contributed by atoms with van der Waals surface area (Å²) in [6.45, 7) is 2.11. The van der Waals surface area contributed by atoms with Gasteiger partial charge in [0.25, 0.3) is 5.91 Å². The Bertz CT molecular complexity index is 1420.